The summed E-state index contributed by atoms with van der Waals surface area (Å²) in [5.41, 5.74) is 15.2. The molecule has 0 saturated carbocycles. The van der Waals surface area contributed by atoms with Crippen LogP contribution in [-0.4, -0.2) is 15.0 Å². The van der Waals surface area contributed by atoms with Crippen molar-refractivity contribution < 1.29 is 20.1 Å². The number of aryl methyl sites for hydroxylation is 2. The number of rotatable bonds is 7. The number of fused-ring (bicyclic) bond motifs is 3. The maximum atomic E-state index is 4.59. The van der Waals surface area contributed by atoms with Gasteiger partial charge in [-0.1, -0.05) is 79.6 Å². The molecule has 1 radical (unpaired) electrons. The first-order chi connectivity index (χ1) is 24.5. The molecule has 0 amide bonds. The van der Waals surface area contributed by atoms with Crippen molar-refractivity contribution in [3.05, 3.63) is 180 Å². The zero-order chi connectivity index (χ0) is 34.5. The molecule has 255 valence electrons. The van der Waals surface area contributed by atoms with Crippen LogP contribution in [-0.2, 0) is 25.5 Å². The molecule has 4 aromatic carbocycles. The molecule has 0 aliphatic heterocycles. The number of pyridine rings is 3. The molecular formula is C46H41IrN4-. The average Bonchev–Trinajstić information content (AvgIpc) is 3.45. The Morgan fingerprint density at radius 3 is 1.61 bits per heavy atom. The normalized spacial score (nSPS) is 12.1. The van der Waals surface area contributed by atoms with Crippen LogP contribution >= 0.6 is 0 Å². The van der Waals surface area contributed by atoms with Gasteiger partial charge in [-0.3, -0.25) is 9.97 Å². The van der Waals surface area contributed by atoms with E-state index in [0.29, 0.717) is 0 Å². The predicted molar refractivity (Wildman–Crippen MR) is 207 cm³/mol. The molecule has 0 unspecified atom stereocenters. The van der Waals surface area contributed by atoms with Crippen LogP contribution in [0.3, 0.4) is 0 Å². The van der Waals surface area contributed by atoms with Crippen molar-refractivity contribution in [2.45, 2.75) is 46.0 Å². The van der Waals surface area contributed by atoms with E-state index in [2.05, 4.69) is 151 Å². The molecule has 7 aromatic rings. The Bertz CT molecular complexity index is 2130. The molecule has 4 nitrogen and oxygen atoms in total. The zero-order valence-electron chi connectivity index (χ0n) is 29.5. The first-order valence-corrected chi connectivity index (χ1v) is 17.4. The summed E-state index contributed by atoms with van der Waals surface area (Å²) in [4.78, 5) is 15.5. The molecule has 0 spiro atoms. The number of nitrogens with zero attached hydrogens (tertiary/aromatic N) is 4. The molecule has 1 aliphatic rings. The SMILES string of the molecule is CCC1(CC)c2cc(-c3ccccn3)[c-]cc2-c2ccc(N(c3ccccc3)c3ccccc3)cc21.Cc1ccnc(-c2cc(C)ccn2)c1.[Ir]. The summed E-state index contributed by atoms with van der Waals surface area (Å²) < 4.78 is 0. The van der Waals surface area contributed by atoms with Crippen LogP contribution in [0.25, 0.3) is 33.8 Å². The predicted octanol–water partition coefficient (Wildman–Crippen LogP) is 11.9. The van der Waals surface area contributed by atoms with E-state index in [4.69, 9.17) is 0 Å². The molecule has 1 aliphatic carbocycles. The second-order valence-electron chi connectivity index (χ2n) is 12.9. The van der Waals surface area contributed by atoms with Crippen molar-refractivity contribution in [1.29, 1.82) is 0 Å². The number of benzene rings is 4. The van der Waals surface area contributed by atoms with E-state index >= 15 is 0 Å². The van der Waals surface area contributed by atoms with Crippen molar-refractivity contribution >= 4 is 17.1 Å². The van der Waals surface area contributed by atoms with Crippen LogP contribution in [0.1, 0.15) is 48.9 Å². The maximum absolute atomic E-state index is 4.59. The smallest absolute Gasteiger partial charge is 0.0888 e. The first-order valence-electron chi connectivity index (χ1n) is 17.4. The molecule has 0 fully saturated rings. The minimum absolute atomic E-state index is 0. The Hall–Kier alpha value is -5.22. The number of hydrogen-bond acceptors (Lipinski definition) is 4. The van der Waals surface area contributed by atoms with E-state index in [9.17, 15) is 0 Å². The molecule has 3 heterocycles. The summed E-state index contributed by atoms with van der Waals surface area (Å²) in [6, 6.07) is 50.4. The molecule has 3 aromatic heterocycles. The Morgan fingerprint density at radius 2 is 1.08 bits per heavy atom. The first kappa shape index (κ1) is 35.6. The summed E-state index contributed by atoms with van der Waals surface area (Å²) in [7, 11) is 0. The summed E-state index contributed by atoms with van der Waals surface area (Å²) in [5, 5.41) is 0. The maximum Gasteiger partial charge on any atom is 0.0888 e. The van der Waals surface area contributed by atoms with Gasteiger partial charge in [0.05, 0.1) is 11.4 Å². The van der Waals surface area contributed by atoms with E-state index in [1.54, 1.807) is 0 Å². The fourth-order valence-electron chi connectivity index (χ4n) is 7.19. The zero-order valence-corrected chi connectivity index (χ0v) is 31.9. The topological polar surface area (TPSA) is 41.9 Å². The fraction of sp³-hybridized carbons (Fsp3) is 0.152. The van der Waals surface area contributed by atoms with Gasteiger partial charge in [0, 0.05) is 61.2 Å². The number of aromatic nitrogens is 3. The van der Waals surface area contributed by atoms with Crippen LogP contribution in [0.2, 0.25) is 0 Å². The molecule has 51 heavy (non-hydrogen) atoms. The minimum Gasteiger partial charge on any atom is -0.310 e. The minimum atomic E-state index is -0.0433. The van der Waals surface area contributed by atoms with Crippen LogP contribution < -0.4 is 4.90 Å². The van der Waals surface area contributed by atoms with Gasteiger partial charge in [-0.2, -0.15) is 0 Å². The summed E-state index contributed by atoms with van der Waals surface area (Å²) in [5.74, 6) is 0. The number of hydrogen-bond donors (Lipinski definition) is 0. The molecule has 0 atom stereocenters. The van der Waals surface area contributed by atoms with Gasteiger partial charge in [0.1, 0.15) is 0 Å². The molecule has 8 rings (SSSR count). The van der Waals surface area contributed by atoms with Gasteiger partial charge < -0.3 is 9.88 Å². The second kappa shape index (κ2) is 15.8. The van der Waals surface area contributed by atoms with E-state index in [1.165, 1.54) is 39.1 Å². The summed E-state index contributed by atoms with van der Waals surface area (Å²) in [6.45, 7) is 8.75. The van der Waals surface area contributed by atoms with E-state index in [-0.39, 0.29) is 25.5 Å². The standard InChI is InChI=1S/C34H29N2.C12H12N2.Ir/c1-3-34(4-2)31-23-25(33-17-11-12-22-35-33)18-20-29(31)30-21-19-28(24-32(30)34)36(26-13-7-5-8-14-26)27-15-9-6-10-16-27;1-9-3-5-13-11(7-9)12-8-10(2)4-6-14-12;/h5-17,19-24H,3-4H2,1-2H3;3-8H,1-2H3;/q-1;;. The molecular weight excluding hydrogens is 801 g/mol. The van der Waals surface area contributed by atoms with Crippen molar-refractivity contribution in [2.75, 3.05) is 4.90 Å². The van der Waals surface area contributed by atoms with Gasteiger partial charge >= 0.3 is 0 Å². The van der Waals surface area contributed by atoms with E-state index in [0.717, 1.165) is 46.9 Å². The monoisotopic (exact) mass is 842 g/mol. The summed E-state index contributed by atoms with van der Waals surface area (Å²) >= 11 is 0. The van der Waals surface area contributed by atoms with Gasteiger partial charge in [0.15, 0.2) is 0 Å². The van der Waals surface area contributed by atoms with Crippen LogP contribution in [0.4, 0.5) is 17.1 Å². The van der Waals surface area contributed by atoms with Crippen molar-refractivity contribution in [3.8, 4) is 33.8 Å². The van der Waals surface area contributed by atoms with Crippen LogP contribution in [0, 0.1) is 19.9 Å². The summed E-state index contributed by atoms with van der Waals surface area (Å²) in [6.07, 6.45) is 7.56. The third-order valence-corrected chi connectivity index (χ3v) is 9.80. The Labute approximate surface area is 315 Å². The van der Waals surface area contributed by atoms with Gasteiger partial charge in [-0.15, -0.1) is 29.3 Å². The van der Waals surface area contributed by atoms with Gasteiger partial charge in [0.2, 0.25) is 0 Å². The van der Waals surface area contributed by atoms with Crippen LogP contribution in [0.5, 0.6) is 0 Å². The fourth-order valence-corrected chi connectivity index (χ4v) is 7.19. The third kappa shape index (κ3) is 7.19. The van der Waals surface area contributed by atoms with Crippen molar-refractivity contribution in [3.63, 3.8) is 0 Å². The molecule has 0 bridgehead atoms. The Balaban J connectivity index is 0.000000251. The Morgan fingerprint density at radius 1 is 0.529 bits per heavy atom. The second-order valence-corrected chi connectivity index (χ2v) is 12.9. The molecule has 5 heteroatoms. The van der Waals surface area contributed by atoms with Gasteiger partial charge in [0.25, 0.3) is 0 Å². The quantitative estimate of drug-likeness (QED) is 0.150. The van der Waals surface area contributed by atoms with E-state index in [1.807, 2.05) is 55.0 Å². The van der Waals surface area contributed by atoms with Crippen molar-refractivity contribution in [2.24, 2.45) is 0 Å². The Kier molecular flexibility index (Phi) is 11.0. The van der Waals surface area contributed by atoms with E-state index < -0.39 is 0 Å². The van der Waals surface area contributed by atoms with Crippen molar-refractivity contribution in [1.82, 2.24) is 15.0 Å². The number of para-hydroxylation sites is 2. The van der Waals surface area contributed by atoms with Crippen LogP contribution in [0.15, 0.2) is 152 Å². The average molecular weight is 842 g/mol. The molecule has 0 N–H and O–H groups in total. The molecule has 0 saturated heterocycles. The third-order valence-electron chi connectivity index (χ3n) is 9.80. The largest absolute Gasteiger partial charge is 0.310 e. The van der Waals surface area contributed by atoms with Gasteiger partial charge in [-0.05, 0) is 116 Å². The van der Waals surface area contributed by atoms with Gasteiger partial charge in [-0.25, -0.2) is 0 Å². The number of anilines is 3.